The number of hydrogen-bond acceptors (Lipinski definition) is 2. The van der Waals surface area contributed by atoms with Crippen LogP contribution in [0.25, 0.3) is 0 Å². The van der Waals surface area contributed by atoms with Crippen molar-refractivity contribution >= 4 is 6.09 Å². The number of aryl methyl sites for hydroxylation is 1. The first-order valence-electron chi connectivity index (χ1n) is 7.77. The molecule has 0 aromatic heterocycles. The summed E-state index contributed by atoms with van der Waals surface area (Å²) in [4.78, 5) is 14.1. The maximum atomic E-state index is 12.3. The minimum absolute atomic E-state index is 0.119. The molecule has 2 aromatic carbocycles. The second-order valence-electron chi connectivity index (χ2n) is 5.76. The average Bonchev–Trinajstić information content (AvgIpc) is 2.59. The van der Waals surface area contributed by atoms with E-state index in [9.17, 15) is 4.79 Å². The topological polar surface area (TPSA) is 29.5 Å². The largest absolute Gasteiger partial charge is 0.445 e. The second-order valence-corrected chi connectivity index (χ2v) is 5.76. The number of benzene rings is 2. The molecule has 1 amide bonds. The van der Waals surface area contributed by atoms with Crippen LogP contribution in [0, 0.1) is 0 Å². The van der Waals surface area contributed by atoms with E-state index in [0.29, 0.717) is 6.61 Å². The summed E-state index contributed by atoms with van der Waals surface area (Å²) in [5.74, 6) is 0. The van der Waals surface area contributed by atoms with E-state index in [4.69, 9.17) is 4.74 Å². The van der Waals surface area contributed by atoms with Crippen molar-refractivity contribution in [2.75, 3.05) is 7.05 Å². The Hall–Kier alpha value is -2.29. The third-order valence-electron chi connectivity index (χ3n) is 4.30. The normalized spacial score (nSPS) is 16.7. The van der Waals surface area contributed by atoms with Crippen molar-refractivity contribution in [1.82, 2.24) is 4.90 Å². The average molecular weight is 295 g/mol. The molecule has 0 saturated carbocycles. The molecule has 3 nitrogen and oxygen atoms in total. The highest BCUT2D eigenvalue weighted by Gasteiger charge is 2.27. The van der Waals surface area contributed by atoms with Crippen molar-refractivity contribution in [3.05, 3.63) is 71.3 Å². The highest BCUT2D eigenvalue weighted by Crippen LogP contribution is 2.33. The summed E-state index contributed by atoms with van der Waals surface area (Å²) in [6.07, 6.45) is 2.94. The first-order valence-corrected chi connectivity index (χ1v) is 7.77. The van der Waals surface area contributed by atoms with E-state index in [1.807, 2.05) is 43.4 Å². The summed E-state index contributed by atoms with van der Waals surface area (Å²) in [7, 11) is 1.83. The summed E-state index contributed by atoms with van der Waals surface area (Å²) >= 11 is 0. The summed E-state index contributed by atoms with van der Waals surface area (Å²) in [5, 5.41) is 0. The summed E-state index contributed by atoms with van der Waals surface area (Å²) < 4.78 is 5.45. The lowest BCUT2D eigenvalue weighted by molar-refractivity contribution is 0.0876. The third kappa shape index (κ3) is 3.14. The van der Waals surface area contributed by atoms with Gasteiger partial charge in [-0.15, -0.1) is 0 Å². The van der Waals surface area contributed by atoms with Crippen molar-refractivity contribution in [3.8, 4) is 0 Å². The van der Waals surface area contributed by atoms with Gasteiger partial charge in [-0.3, -0.25) is 0 Å². The number of nitrogens with zero attached hydrogens (tertiary/aromatic N) is 1. The van der Waals surface area contributed by atoms with Crippen LogP contribution in [0.5, 0.6) is 0 Å². The van der Waals surface area contributed by atoms with Crippen LogP contribution in [0.15, 0.2) is 54.6 Å². The van der Waals surface area contributed by atoms with E-state index >= 15 is 0 Å². The number of ether oxygens (including phenoxy) is 1. The molecular formula is C19H21NO2. The lowest BCUT2D eigenvalue weighted by atomic mass is 9.87. The van der Waals surface area contributed by atoms with E-state index in [0.717, 1.165) is 24.8 Å². The van der Waals surface area contributed by atoms with E-state index in [-0.39, 0.29) is 12.1 Å². The SMILES string of the molecule is CN(C(=O)OCc1ccccc1)C1CCCc2ccccc21. The van der Waals surface area contributed by atoms with E-state index < -0.39 is 0 Å². The van der Waals surface area contributed by atoms with E-state index in [1.165, 1.54) is 11.1 Å². The van der Waals surface area contributed by atoms with Crippen LogP contribution >= 0.6 is 0 Å². The van der Waals surface area contributed by atoms with Crippen LogP contribution in [-0.4, -0.2) is 18.0 Å². The Morgan fingerprint density at radius 3 is 2.68 bits per heavy atom. The molecule has 114 valence electrons. The molecule has 0 spiro atoms. The van der Waals surface area contributed by atoms with Crippen LogP contribution in [0.2, 0.25) is 0 Å². The molecule has 0 N–H and O–H groups in total. The van der Waals surface area contributed by atoms with Gasteiger partial charge in [-0.2, -0.15) is 0 Å². The highest BCUT2D eigenvalue weighted by molar-refractivity contribution is 5.68. The molecule has 0 saturated heterocycles. The number of hydrogen-bond donors (Lipinski definition) is 0. The number of rotatable bonds is 3. The van der Waals surface area contributed by atoms with Crippen LogP contribution in [0.4, 0.5) is 4.79 Å². The number of fused-ring (bicyclic) bond motifs is 1. The zero-order valence-electron chi connectivity index (χ0n) is 12.9. The predicted octanol–water partition coefficient (Wildman–Crippen LogP) is 4.33. The smallest absolute Gasteiger partial charge is 0.410 e. The molecule has 22 heavy (non-hydrogen) atoms. The van der Waals surface area contributed by atoms with Crippen molar-refractivity contribution in [3.63, 3.8) is 0 Å². The first kappa shape index (κ1) is 14.6. The van der Waals surface area contributed by atoms with Gasteiger partial charge in [0.15, 0.2) is 0 Å². The van der Waals surface area contributed by atoms with Gasteiger partial charge < -0.3 is 9.64 Å². The van der Waals surface area contributed by atoms with Gasteiger partial charge in [-0.25, -0.2) is 4.79 Å². The van der Waals surface area contributed by atoms with Gasteiger partial charge in [-0.05, 0) is 36.0 Å². The molecule has 1 aliphatic rings. The van der Waals surface area contributed by atoms with Gasteiger partial charge >= 0.3 is 6.09 Å². The Kier molecular flexibility index (Phi) is 4.42. The van der Waals surface area contributed by atoms with Crippen molar-refractivity contribution < 1.29 is 9.53 Å². The molecule has 0 aliphatic heterocycles. The number of carbonyl (C=O) groups excluding carboxylic acids is 1. The fourth-order valence-corrected chi connectivity index (χ4v) is 3.08. The predicted molar refractivity (Wildman–Crippen MR) is 86.5 cm³/mol. The van der Waals surface area contributed by atoms with Gasteiger partial charge in [0.1, 0.15) is 6.61 Å². The maximum Gasteiger partial charge on any atom is 0.410 e. The van der Waals surface area contributed by atoms with Gasteiger partial charge in [0, 0.05) is 7.05 Å². The van der Waals surface area contributed by atoms with Crippen molar-refractivity contribution in [2.24, 2.45) is 0 Å². The molecule has 3 rings (SSSR count). The molecule has 1 aliphatic carbocycles. The molecule has 1 atom stereocenters. The molecular weight excluding hydrogens is 274 g/mol. The zero-order chi connectivity index (χ0) is 15.4. The number of carbonyl (C=O) groups is 1. The minimum atomic E-state index is -0.259. The molecule has 0 bridgehead atoms. The van der Waals surface area contributed by atoms with Gasteiger partial charge in [0.2, 0.25) is 0 Å². The molecule has 3 heteroatoms. The molecule has 0 fully saturated rings. The Bertz CT molecular complexity index is 639. The Morgan fingerprint density at radius 1 is 1.14 bits per heavy atom. The Labute approximate surface area is 131 Å². The minimum Gasteiger partial charge on any atom is -0.445 e. The quantitative estimate of drug-likeness (QED) is 0.843. The molecule has 0 heterocycles. The fourth-order valence-electron chi connectivity index (χ4n) is 3.08. The van der Waals surface area contributed by atoms with Crippen LogP contribution < -0.4 is 0 Å². The summed E-state index contributed by atoms with van der Waals surface area (Å²) in [6.45, 7) is 0.318. The van der Waals surface area contributed by atoms with Gasteiger partial charge in [-0.1, -0.05) is 54.6 Å². The third-order valence-corrected chi connectivity index (χ3v) is 4.30. The summed E-state index contributed by atoms with van der Waals surface area (Å²) in [6, 6.07) is 18.3. The zero-order valence-corrected chi connectivity index (χ0v) is 12.9. The van der Waals surface area contributed by atoms with Gasteiger partial charge in [0.05, 0.1) is 6.04 Å². The second kappa shape index (κ2) is 6.65. The lowest BCUT2D eigenvalue weighted by Crippen LogP contribution is -2.33. The first-order chi connectivity index (χ1) is 10.8. The Balaban J connectivity index is 1.66. The van der Waals surface area contributed by atoms with E-state index in [1.54, 1.807) is 4.90 Å². The van der Waals surface area contributed by atoms with Gasteiger partial charge in [0.25, 0.3) is 0 Å². The standard InChI is InChI=1S/C19H21NO2/c1-20(19(21)22-14-15-8-3-2-4-9-15)18-13-7-11-16-10-5-6-12-17(16)18/h2-6,8-10,12,18H,7,11,13-14H2,1H3. The van der Waals surface area contributed by atoms with Crippen LogP contribution in [0.1, 0.15) is 35.6 Å². The lowest BCUT2D eigenvalue weighted by Gasteiger charge is -2.32. The fraction of sp³-hybridized carbons (Fsp3) is 0.316. The molecule has 0 radical (unpaired) electrons. The van der Waals surface area contributed by atoms with Crippen LogP contribution in [0.3, 0.4) is 0 Å². The monoisotopic (exact) mass is 295 g/mol. The molecule has 2 aromatic rings. The Morgan fingerprint density at radius 2 is 1.86 bits per heavy atom. The van der Waals surface area contributed by atoms with Crippen LogP contribution in [-0.2, 0) is 17.8 Å². The molecule has 1 unspecified atom stereocenters. The highest BCUT2D eigenvalue weighted by atomic mass is 16.6. The van der Waals surface area contributed by atoms with Crippen molar-refractivity contribution in [1.29, 1.82) is 0 Å². The number of amides is 1. The van der Waals surface area contributed by atoms with E-state index in [2.05, 4.69) is 18.2 Å². The summed E-state index contributed by atoms with van der Waals surface area (Å²) in [5.41, 5.74) is 3.61. The van der Waals surface area contributed by atoms with Crippen molar-refractivity contribution in [2.45, 2.75) is 31.9 Å². The maximum absolute atomic E-state index is 12.3.